The Balaban J connectivity index is 1.90. The zero-order valence-corrected chi connectivity index (χ0v) is 19.4. The van der Waals surface area contributed by atoms with Gasteiger partial charge in [-0.05, 0) is 43.3 Å². The second-order valence-corrected chi connectivity index (χ2v) is 8.46. The van der Waals surface area contributed by atoms with E-state index < -0.39 is 16.1 Å². The summed E-state index contributed by atoms with van der Waals surface area (Å²) in [4.78, 5) is 11.5. The molecule has 0 unspecified atom stereocenters. The molecule has 0 N–H and O–H groups in total. The standard InChI is InChI=1S/C25H22O7S/c1-17-5-13-23(14-6-17)33(27,28)32-22-12-10-19(24(16-22)30-4)7-8-20-9-11-21(29-3)15-25(20)31-18(2)26/h5-6,9-16H,1-4H3. The highest BCUT2D eigenvalue weighted by Crippen LogP contribution is 2.28. The Morgan fingerprint density at radius 1 is 0.788 bits per heavy atom. The molecule has 0 aliphatic carbocycles. The fourth-order valence-electron chi connectivity index (χ4n) is 2.81. The highest BCUT2D eigenvalue weighted by atomic mass is 32.2. The quantitative estimate of drug-likeness (QED) is 0.234. The third-order valence-corrected chi connectivity index (χ3v) is 5.72. The van der Waals surface area contributed by atoms with E-state index in [1.165, 1.54) is 45.4 Å². The lowest BCUT2D eigenvalue weighted by atomic mass is 10.1. The van der Waals surface area contributed by atoms with Gasteiger partial charge in [-0.15, -0.1) is 0 Å². The largest absolute Gasteiger partial charge is 0.497 e. The molecule has 0 amide bonds. The number of carbonyl (C=O) groups excluding carboxylic acids is 1. The smallest absolute Gasteiger partial charge is 0.339 e. The molecule has 170 valence electrons. The molecule has 0 bridgehead atoms. The summed E-state index contributed by atoms with van der Waals surface area (Å²) in [5.74, 6) is 6.59. The Hall–Kier alpha value is -3.96. The average molecular weight is 467 g/mol. The van der Waals surface area contributed by atoms with Crippen molar-refractivity contribution in [3.8, 4) is 34.8 Å². The second kappa shape index (κ2) is 10.1. The first-order chi connectivity index (χ1) is 15.7. The highest BCUT2D eigenvalue weighted by molar-refractivity contribution is 7.87. The van der Waals surface area contributed by atoms with Gasteiger partial charge in [0.1, 0.15) is 27.9 Å². The lowest BCUT2D eigenvalue weighted by Gasteiger charge is -2.10. The van der Waals surface area contributed by atoms with Gasteiger partial charge in [0.05, 0.1) is 25.3 Å². The van der Waals surface area contributed by atoms with Crippen molar-refractivity contribution in [2.75, 3.05) is 14.2 Å². The van der Waals surface area contributed by atoms with Crippen LogP contribution in [-0.4, -0.2) is 28.6 Å². The van der Waals surface area contributed by atoms with E-state index >= 15 is 0 Å². The van der Waals surface area contributed by atoms with Gasteiger partial charge in [0.25, 0.3) is 0 Å². The van der Waals surface area contributed by atoms with Crippen LogP contribution in [-0.2, 0) is 14.9 Å². The molecular formula is C25H22O7S. The fourth-order valence-corrected chi connectivity index (χ4v) is 3.74. The summed E-state index contributed by atoms with van der Waals surface area (Å²) in [6.07, 6.45) is 0. The predicted molar refractivity (Wildman–Crippen MR) is 122 cm³/mol. The van der Waals surface area contributed by atoms with Crippen LogP contribution in [0, 0.1) is 18.8 Å². The first kappa shape index (κ1) is 23.7. The monoisotopic (exact) mass is 466 g/mol. The zero-order chi connectivity index (χ0) is 24.0. The van der Waals surface area contributed by atoms with Crippen LogP contribution in [0.5, 0.6) is 23.0 Å². The van der Waals surface area contributed by atoms with Crippen LogP contribution in [0.15, 0.2) is 65.6 Å². The minimum absolute atomic E-state index is 0.0495. The first-order valence-corrected chi connectivity index (χ1v) is 11.2. The Kier molecular flexibility index (Phi) is 7.26. The Bertz CT molecular complexity index is 1330. The number of methoxy groups -OCH3 is 2. The molecule has 0 radical (unpaired) electrons. The van der Waals surface area contributed by atoms with E-state index in [9.17, 15) is 13.2 Å². The number of esters is 1. The molecule has 0 aliphatic rings. The summed E-state index contributed by atoms with van der Waals surface area (Å²) in [6, 6.07) is 15.8. The van der Waals surface area contributed by atoms with E-state index in [1.807, 2.05) is 6.92 Å². The molecule has 7 nitrogen and oxygen atoms in total. The molecule has 8 heteroatoms. The van der Waals surface area contributed by atoms with Crippen molar-refractivity contribution in [1.29, 1.82) is 0 Å². The van der Waals surface area contributed by atoms with Gasteiger partial charge in [-0.25, -0.2) is 0 Å². The number of carbonyl (C=O) groups is 1. The molecule has 33 heavy (non-hydrogen) atoms. The third kappa shape index (κ3) is 6.05. The van der Waals surface area contributed by atoms with Crippen molar-refractivity contribution >= 4 is 16.1 Å². The van der Waals surface area contributed by atoms with Crippen LogP contribution in [0.1, 0.15) is 23.6 Å². The molecule has 0 heterocycles. The molecular weight excluding hydrogens is 444 g/mol. The molecule has 0 atom stereocenters. The molecule has 0 fully saturated rings. The summed E-state index contributed by atoms with van der Waals surface area (Å²) in [6.45, 7) is 3.16. The van der Waals surface area contributed by atoms with Crippen LogP contribution in [0.2, 0.25) is 0 Å². The average Bonchev–Trinajstić information content (AvgIpc) is 2.78. The first-order valence-electron chi connectivity index (χ1n) is 9.79. The van der Waals surface area contributed by atoms with Crippen molar-refractivity contribution in [2.24, 2.45) is 0 Å². The number of hydrogen-bond donors (Lipinski definition) is 0. The summed E-state index contributed by atoms with van der Waals surface area (Å²) < 4.78 is 46.1. The predicted octanol–water partition coefficient (Wildman–Crippen LogP) is 4.11. The van der Waals surface area contributed by atoms with Gasteiger partial charge in [0.2, 0.25) is 0 Å². The Labute approximate surface area is 193 Å². The summed E-state index contributed by atoms with van der Waals surface area (Å²) in [5.41, 5.74) is 1.89. The fraction of sp³-hybridized carbons (Fsp3) is 0.160. The molecule has 0 saturated heterocycles. The van der Waals surface area contributed by atoms with Crippen molar-refractivity contribution in [2.45, 2.75) is 18.7 Å². The number of benzene rings is 3. The summed E-state index contributed by atoms with van der Waals surface area (Å²) in [5, 5.41) is 0. The summed E-state index contributed by atoms with van der Waals surface area (Å²) in [7, 11) is -1.05. The molecule has 0 spiro atoms. The minimum atomic E-state index is -4.00. The molecule has 3 aromatic carbocycles. The minimum Gasteiger partial charge on any atom is -0.497 e. The Morgan fingerprint density at radius 2 is 1.36 bits per heavy atom. The third-order valence-electron chi connectivity index (χ3n) is 4.46. The molecule has 3 aromatic rings. The van der Waals surface area contributed by atoms with Crippen LogP contribution in [0.3, 0.4) is 0 Å². The maximum atomic E-state index is 12.5. The van der Waals surface area contributed by atoms with Crippen LogP contribution in [0.4, 0.5) is 0 Å². The molecule has 0 saturated carbocycles. The van der Waals surface area contributed by atoms with Gasteiger partial charge >= 0.3 is 16.1 Å². The van der Waals surface area contributed by atoms with Crippen molar-refractivity contribution in [1.82, 2.24) is 0 Å². The lowest BCUT2D eigenvalue weighted by Crippen LogP contribution is -2.09. The van der Waals surface area contributed by atoms with Gasteiger partial charge in [0, 0.05) is 19.1 Å². The van der Waals surface area contributed by atoms with Gasteiger partial charge < -0.3 is 18.4 Å². The zero-order valence-electron chi connectivity index (χ0n) is 18.5. The van der Waals surface area contributed by atoms with Crippen LogP contribution < -0.4 is 18.4 Å². The molecule has 0 aromatic heterocycles. The maximum Gasteiger partial charge on any atom is 0.339 e. The van der Waals surface area contributed by atoms with Gasteiger partial charge in [-0.1, -0.05) is 29.5 Å². The number of rotatable bonds is 6. The van der Waals surface area contributed by atoms with E-state index in [2.05, 4.69) is 11.8 Å². The van der Waals surface area contributed by atoms with Crippen LogP contribution in [0.25, 0.3) is 0 Å². The Morgan fingerprint density at radius 3 is 1.94 bits per heavy atom. The van der Waals surface area contributed by atoms with E-state index in [-0.39, 0.29) is 16.4 Å². The summed E-state index contributed by atoms with van der Waals surface area (Å²) >= 11 is 0. The van der Waals surface area contributed by atoms with Gasteiger partial charge in [0.15, 0.2) is 0 Å². The normalized spacial score (nSPS) is 10.5. The highest BCUT2D eigenvalue weighted by Gasteiger charge is 2.17. The van der Waals surface area contributed by atoms with E-state index in [0.29, 0.717) is 22.6 Å². The maximum absolute atomic E-state index is 12.5. The van der Waals surface area contributed by atoms with Crippen molar-refractivity contribution in [3.05, 3.63) is 77.4 Å². The molecule has 3 rings (SSSR count). The second-order valence-electron chi connectivity index (χ2n) is 6.92. The van der Waals surface area contributed by atoms with Gasteiger partial charge in [-0.3, -0.25) is 4.79 Å². The van der Waals surface area contributed by atoms with Crippen LogP contribution >= 0.6 is 0 Å². The van der Waals surface area contributed by atoms with E-state index in [0.717, 1.165) is 5.56 Å². The van der Waals surface area contributed by atoms with Crippen molar-refractivity contribution < 1.29 is 31.6 Å². The van der Waals surface area contributed by atoms with Gasteiger partial charge in [-0.2, -0.15) is 8.42 Å². The number of ether oxygens (including phenoxy) is 3. The lowest BCUT2D eigenvalue weighted by molar-refractivity contribution is -0.131. The van der Waals surface area contributed by atoms with E-state index in [4.69, 9.17) is 18.4 Å². The SMILES string of the molecule is COc1ccc(C#Cc2ccc(OS(=O)(=O)c3ccc(C)cc3)cc2OC)c(OC(C)=O)c1. The van der Waals surface area contributed by atoms with Crippen molar-refractivity contribution in [3.63, 3.8) is 0 Å². The topological polar surface area (TPSA) is 88.1 Å². The number of hydrogen-bond acceptors (Lipinski definition) is 7. The van der Waals surface area contributed by atoms with E-state index in [1.54, 1.807) is 36.4 Å². The molecule has 0 aliphatic heterocycles. The number of aryl methyl sites for hydroxylation is 1.